The van der Waals surface area contributed by atoms with Crippen LogP contribution in [0.1, 0.15) is 54.8 Å². The molecule has 0 spiro atoms. The number of rotatable bonds is 2. The van der Waals surface area contributed by atoms with Crippen molar-refractivity contribution in [2.45, 2.75) is 38.2 Å². The van der Waals surface area contributed by atoms with E-state index in [9.17, 15) is 9.90 Å². The number of aliphatic hydroxyl groups is 1. The van der Waals surface area contributed by atoms with Gasteiger partial charge in [-0.2, -0.15) is 0 Å². The van der Waals surface area contributed by atoms with Crippen LogP contribution in [-0.4, -0.2) is 39.6 Å². The maximum Gasteiger partial charge on any atom is 0.289 e. The first-order valence-corrected chi connectivity index (χ1v) is 9.39. The molecule has 1 amide bonds. The van der Waals surface area contributed by atoms with Gasteiger partial charge in [-0.3, -0.25) is 4.79 Å². The molecule has 0 atom stereocenters. The number of hydrogen-bond donors (Lipinski definition) is 1. The van der Waals surface area contributed by atoms with Crippen LogP contribution in [0.3, 0.4) is 0 Å². The Morgan fingerprint density at radius 1 is 1.18 bits per heavy atom. The highest BCUT2D eigenvalue weighted by Gasteiger charge is 2.28. The van der Waals surface area contributed by atoms with Gasteiger partial charge in [0.05, 0.1) is 0 Å². The molecule has 3 aromatic rings. The molecule has 1 saturated heterocycles. The van der Waals surface area contributed by atoms with E-state index in [1.807, 2.05) is 24.3 Å². The number of fused-ring (bicyclic) bond motifs is 1. The van der Waals surface area contributed by atoms with Gasteiger partial charge in [0, 0.05) is 19.0 Å². The summed E-state index contributed by atoms with van der Waals surface area (Å²) in [7, 11) is 0. The highest BCUT2D eigenvalue weighted by atomic mass is 16.4. The van der Waals surface area contributed by atoms with Crippen molar-refractivity contribution >= 4 is 17.0 Å². The minimum Gasteiger partial charge on any atom is -0.443 e. The van der Waals surface area contributed by atoms with Gasteiger partial charge in [-0.05, 0) is 56.9 Å². The van der Waals surface area contributed by atoms with Crippen molar-refractivity contribution in [1.82, 2.24) is 9.88 Å². The zero-order valence-corrected chi connectivity index (χ0v) is 15.9. The number of furan rings is 1. The van der Waals surface area contributed by atoms with Gasteiger partial charge in [-0.25, -0.2) is 4.98 Å². The van der Waals surface area contributed by atoms with Crippen LogP contribution in [0.15, 0.2) is 45.2 Å². The zero-order valence-electron chi connectivity index (χ0n) is 15.9. The smallest absolute Gasteiger partial charge is 0.289 e. The summed E-state index contributed by atoms with van der Waals surface area (Å²) >= 11 is 0. The first-order valence-electron chi connectivity index (χ1n) is 9.39. The topological polar surface area (TPSA) is 79.7 Å². The molecule has 144 valence electrons. The summed E-state index contributed by atoms with van der Waals surface area (Å²) < 4.78 is 11.4. The molecule has 3 heterocycles. The number of oxazole rings is 1. The molecule has 1 aromatic carbocycles. The number of amides is 1. The first-order chi connectivity index (χ1) is 13.4. The second-order valence-corrected chi connectivity index (χ2v) is 7.56. The van der Waals surface area contributed by atoms with Gasteiger partial charge < -0.3 is 18.8 Å². The van der Waals surface area contributed by atoms with Crippen LogP contribution in [0, 0.1) is 11.8 Å². The third-order valence-corrected chi connectivity index (χ3v) is 4.75. The van der Waals surface area contributed by atoms with Crippen molar-refractivity contribution < 1.29 is 18.7 Å². The molecule has 0 radical (unpaired) electrons. The van der Waals surface area contributed by atoms with E-state index in [1.54, 1.807) is 30.9 Å². The van der Waals surface area contributed by atoms with E-state index in [4.69, 9.17) is 8.83 Å². The minimum atomic E-state index is -1.11. The molecular weight excluding hydrogens is 356 g/mol. The lowest BCUT2D eigenvalue weighted by molar-refractivity contribution is 0.0674. The lowest BCUT2D eigenvalue weighted by Crippen LogP contribution is -2.37. The van der Waals surface area contributed by atoms with Gasteiger partial charge in [0.1, 0.15) is 11.1 Å². The van der Waals surface area contributed by atoms with Crippen molar-refractivity contribution in [2.75, 3.05) is 13.1 Å². The quantitative estimate of drug-likeness (QED) is 0.690. The number of hydrogen-bond acceptors (Lipinski definition) is 5. The summed E-state index contributed by atoms with van der Waals surface area (Å²) in [6.45, 7) is 4.42. The molecule has 1 aliphatic rings. The molecule has 4 rings (SSSR count). The maximum atomic E-state index is 12.7. The van der Waals surface area contributed by atoms with Crippen molar-refractivity contribution in [3.63, 3.8) is 0 Å². The number of carbonyl (C=O) groups is 1. The standard InChI is InChI=1S/C22H22N2O4/c1-22(2,26)12-9-16-7-8-19(27-16)21(25)24-13-10-15(11-14-24)20-23-17-5-3-4-6-18(17)28-20/h3-8,15,26H,10-11,13-14H2,1-2H3. The maximum absolute atomic E-state index is 12.7. The molecule has 1 aliphatic heterocycles. The van der Waals surface area contributed by atoms with Crippen LogP contribution in [0.4, 0.5) is 0 Å². The summed E-state index contributed by atoms with van der Waals surface area (Å²) in [5.74, 6) is 6.86. The monoisotopic (exact) mass is 378 g/mol. The van der Waals surface area contributed by atoms with Crippen LogP contribution in [0.5, 0.6) is 0 Å². The van der Waals surface area contributed by atoms with E-state index in [1.165, 1.54) is 0 Å². The van der Waals surface area contributed by atoms with Crippen molar-refractivity contribution in [3.8, 4) is 11.8 Å². The number of nitrogens with zero attached hydrogens (tertiary/aromatic N) is 2. The molecule has 1 N–H and O–H groups in total. The molecule has 0 unspecified atom stereocenters. The Bertz CT molecular complexity index is 1020. The molecule has 0 saturated carbocycles. The van der Waals surface area contributed by atoms with Crippen LogP contribution >= 0.6 is 0 Å². The average molecular weight is 378 g/mol. The summed E-state index contributed by atoms with van der Waals surface area (Å²) in [6, 6.07) is 11.0. The van der Waals surface area contributed by atoms with Gasteiger partial charge in [0.25, 0.3) is 5.91 Å². The summed E-state index contributed by atoms with van der Waals surface area (Å²) in [4.78, 5) is 19.1. The van der Waals surface area contributed by atoms with Gasteiger partial charge >= 0.3 is 0 Å². The first kappa shape index (κ1) is 18.3. The van der Waals surface area contributed by atoms with E-state index >= 15 is 0 Å². The summed E-state index contributed by atoms with van der Waals surface area (Å²) in [6.07, 6.45) is 1.59. The van der Waals surface area contributed by atoms with Crippen molar-refractivity contribution in [2.24, 2.45) is 0 Å². The fraction of sp³-hybridized carbons (Fsp3) is 0.364. The molecule has 28 heavy (non-hydrogen) atoms. The van der Waals surface area contributed by atoms with E-state index in [0.29, 0.717) is 18.8 Å². The van der Waals surface area contributed by atoms with E-state index < -0.39 is 5.60 Å². The SMILES string of the molecule is CC(C)(O)C#Cc1ccc(C(=O)N2CCC(c3nc4ccccc4o3)CC2)o1. The van der Waals surface area contributed by atoms with Crippen LogP contribution in [0.25, 0.3) is 11.1 Å². The average Bonchev–Trinajstić information content (AvgIpc) is 3.32. The van der Waals surface area contributed by atoms with Crippen LogP contribution in [-0.2, 0) is 0 Å². The number of piperidine rings is 1. The molecule has 0 aliphatic carbocycles. The Morgan fingerprint density at radius 2 is 1.93 bits per heavy atom. The van der Waals surface area contributed by atoms with Gasteiger partial charge in [0.15, 0.2) is 23.0 Å². The fourth-order valence-electron chi connectivity index (χ4n) is 3.28. The fourth-order valence-corrected chi connectivity index (χ4v) is 3.28. The van der Waals surface area contributed by atoms with Gasteiger partial charge in [-0.15, -0.1) is 0 Å². The molecule has 6 heteroatoms. The Kier molecular flexibility index (Phi) is 4.70. The number of para-hydroxylation sites is 2. The van der Waals surface area contributed by atoms with E-state index in [0.717, 1.165) is 29.8 Å². The number of benzene rings is 1. The largest absolute Gasteiger partial charge is 0.443 e. The molecular formula is C22H22N2O4. The lowest BCUT2D eigenvalue weighted by Gasteiger charge is -2.29. The Labute approximate surface area is 163 Å². The number of carbonyl (C=O) groups excluding carboxylic acids is 1. The number of aromatic nitrogens is 1. The van der Waals surface area contributed by atoms with E-state index in [-0.39, 0.29) is 17.6 Å². The Morgan fingerprint density at radius 3 is 2.64 bits per heavy atom. The Hall–Kier alpha value is -3.04. The highest BCUT2D eigenvalue weighted by molar-refractivity contribution is 5.91. The highest BCUT2D eigenvalue weighted by Crippen LogP contribution is 2.30. The molecule has 0 bridgehead atoms. The second-order valence-electron chi connectivity index (χ2n) is 7.56. The van der Waals surface area contributed by atoms with Gasteiger partial charge in [0.2, 0.25) is 0 Å². The van der Waals surface area contributed by atoms with Crippen LogP contribution < -0.4 is 0 Å². The van der Waals surface area contributed by atoms with Gasteiger partial charge in [-0.1, -0.05) is 18.1 Å². The minimum absolute atomic E-state index is 0.146. The predicted molar refractivity (Wildman–Crippen MR) is 104 cm³/mol. The lowest BCUT2D eigenvalue weighted by atomic mass is 9.96. The predicted octanol–water partition coefficient (Wildman–Crippen LogP) is 3.56. The van der Waals surface area contributed by atoms with E-state index in [2.05, 4.69) is 16.8 Å². The zero-order chi connectivity index (χ0) is 19.7. The number of likely N-dealkylation sites (tertiary alicyclic amines) is 1. The molecule has 2 aromatic heterocycles. The molecule has 6 nitrogen and oxygen atoms in total. The summed E-state index contributed by atoms with van der Waals surface area (Å²) in [5.41, 5.74) is 0.557. The summed E-state index contributed by atoms with van der Waals surface area (Å²) in [5, 5.41) is 9.66. The van der Waals surface area contributed by atoms with Crippen molar-refractivity contribution in [1.29, 1.82) is 0 Å². The van der Waals surface area contributed by atoms with Crippen LogP contribution in [0.2, 0.25) is 0 Å². The third kappa shape index (κ3) is 3.95. The third-order valence-electron chi connectivity index (χ3n) is 4.75. The molecule has 1 fully saturated rings. The second kappa shape index (κ2) is 7.17. The van der Waals surface area contributed by atoms with Crippen molar-refractivity contribution in [3.05, 3.63) is 53.8 Å². The Balaban J connectivity index is 1.40. The normalized spacial score (nSPS) is 15.5.